The first-order chi connectivity index (χ1) is 20.3. The van der Waals surface area contributed by atoms with Crippen molar-refractivity contribution in [2.45, 2.75) is 63.5 Å². The smallest absolute Gasteiger partial charge is 0.253 e. The first-order valence-corrected chi connectivity index (χ1v) is 16.7. The highest BCUT2D eigenvalue weighted by molar-refractivity contribution is 8.00. The Morgan fingerprint density at radius 1 is 1.02 bits per heavy atom. The number of ether oxygens (including phenoxy) is 1. The number of carbonyl (C=O) groups excluding carboxylic acids is 3. The van der Waals surface area contributed by atoms with E-state index in [-0.39, 0.29) is 11.8 Å². The van der Waals surface area contributed by atoms with Crippen molar-refractivity contribution < 1.29 is 24.2 Å². The molecule has 1 heterocycles. The Hall–Kier alpha value is -2.60. The van der Waals surface area contributed by atoms with E-state index in [1.54, 1.807) is 37.2 Å². The number of aromatic nitrogens is 1. The van der Waals surface area contributed by atoms with E-state index in [4.69, 9.17) is 4.74 Å². The van der Waals surface area contributed by atoms with E-state index < -0.39 is 35.3 Å². The van der Waals surface area contributed by atoms with Crippen LogP contribution in [0.1, 0.15) is 49.5 Å². The number of amides is 3. The third-order valence-corrected chi connectivity index (χ3v) is 8.75. The van der Waals surface area contributed by atoms with Crippen LogP contribution in [0.4, 0.5) is 0 Å². The zero-order valence-corrected chi connectivity index (χ0v) is 26.7. The second-order valence-corrected chi connectivity index (χ2v) is 12.8. The molecule has 0 saturated heterocycles. The molecule has 3 amide bonds. The lowest BCUT2D eigenvalue weighted by molar-refractivity contribution is -0.126. The summed E-state index contributed by atoms with van der Waals surface area (Å²) in [7, 11) is 1.59. The molecule has 0 saturated carbocycles. The minimum absolute atomic E-state index is 0.241. The Morgan fingerprint density at radius 3 is 2.43 bits per heavy atom. The molecule has 232 valence electrons. The zero-order chi connectivity index (χ0) is 30.7. The Morgan fingerprint density at radius 2 is 1.79 bits per heavy atom. The standard InChI is InChI=1S/C31H46N4O5S2/c1-5-6-16-41-21-26(35-29(37)24-13-10-14-32-20-24)30(38)34-25(18-23-11-8-7-9-12-23)27(36)28(42-17-15-40-4)31(39)33-19-22(2)3/h7-14,20,22,25-28,36H,5-6,15-19,21H2,1-4H3,(H,33,39)(H,34,38)(H,35,37)/t25-,26?,27+,28+/m0/s1. The fraction of sp³-hybridized carbons (Fsp3) is 0.548. The van der Waals surface area contributed by atoms with Gasteiger partial charge in [-0.2, -0.15) is 11.8 Å². The van der Waals surface area contributed by atoms with Crippen molar-refractivity contribution in [3.63, 3.8) is 0 Å². The van der Waals surface area contributed by atoms with Gasteiger partial charge in [-0.15, -0.1) is 11.8 Å². The third-order valence-electron chi connectivity index (χ3n) is 6.35. The number of benzene rings is 1. The van der Waals surface area contributed by atoms with Crippen molar-refractivity contribution in [3.05, 3.63) is 66.0 Å². The monoisotopic (exact) mass is 618 g/mol. The molecule has 9 nitrogen and oxygen atoms in total. The molecule has 0 radical (unpaired) electrons. The van der Waals surface area contributed by atoms with E-state index in [2.05, 4.69) is 27.9 Å². The summed E-state index contributed by atoms with van der Waals surface area (Å²) in [6.45, 7) is 6.99. The third kappa shape index (κ3) is 13.1. The topological polar surface area (TPSA) is 130 Å². The number of hydrogen-bond acceptors (Lipinski definition) is 8. The van der Waals surface area contributed by atoms with Gasteiger partial charge in [0.1, 0.15) is 11.3 Å². The zero-order valence-electron chi connectivity index (χ0n) is 25.1. The van der Waals surface area contributed by atoms with Crippen LogP contribution in [-0.4, -0.2) is 88.8 Å². The molecule has 0 aliphatic rings. The summed E-state index contributed by atoms with van der Waals surface area (Å²) in [5, 5.41) is 19.6. The molecule has 1 aromatic carbocycles. The number of nitrogens with zero attached hydrogens (tertiary/aromatic N) is 1. The van der Waals surface area contributed by atoms with E-state index in [0.29, 0.717) is 36.6 Å². The van der Waals surface area contributed by atoms with Crippen LogP contribution >= 0.6 is 23.5 Å². The highest BCUT2D eigenvalue weighted by Crippen LogP contribution is 2.21. The minimum Gasteiger partial charge on any atom is -0.389 e. The lowest BCUT2D eigenvalue weighted by atomic mass is 9.98. The van der Waals surface area contributed by atoms with Crippen molar-refractivity contribution in [1.82, 2.24) is 20.9 Å². The SMILES string of the molecule is CCCCSCC(NC(=O)c1cccnc1)C(=O)N[C@@H](Cc1ccccc1)[C@@H](O)[C@@H](SCCOC)C(=O)NCC(C)C. The van der Waals surface area contributed by atoms with Crippen molar-refractivity contribution in [3.8, 4) is 0 Å². The maximum absolute atomic E-state index is 13.8. The number of thioether (sulfide) groups is 2. The average molecular weight is 619 g/mol. The fourth-order valence-electron chi connectivity index (χ4n) is 3.98. The summed E-state index contributed by atoms with van der Waals surface area (Å²) in [6.07, 6.45) is 4.16. The largest absolute Gasteiger partial charge is 0.389 e. The number of aliphatic hydroxyl groups is 1. The van der Waals surface area contributed by atoms with Gasteiger partial charge in [0.25, 0.3) is 5.91 Å². The number of hydrogen-bond donors (Lipinski definition) is 4. The van der Waals surface area contributed by atoms with E-state index in [9.17, 15) is 19.5 Å². The first-order valence-electron chi connectivity index (χ1n) is 14.5. The van der Waals surface area contributed by atoms with Crippen LogP contribution in [0.5, 0.6) is 0 Å². The molecular formula is C31H46N4O5S2. The van der Waals surface area contributed by atoms with Crippen LogP contribution in [0.2, 0.25) is 0 Å². The number of aliphatic hydroxyl groups excluding tert-OH is 1. The molecule has 42 heavy (non-hydrogen) atoms. The predicted molar refractivity (Wildman–Crippen MR) is 172 cm³/mol. The highest BCUT2D eigenvalue weighted by Gasteiger charge is 2.36. The Balaban J connectivity index is 2.31. The molecule has 0 aliphatic heterocycles. The number of pyridine rings is 1. The second kappa shape index (κ2) is 20.3. The Labute approximate surface area is 258 Å². The summed E-state index contributed by atoms with van der Waals surface area (Å²) in [5.41, 5.74) is 1.25. The molecule has 11 heteroatoms. The highest BCUT2D eigenvalue weighted by atomic mass is 32.2. The number of methoxy groups -OCH3 is 1. The van der Waals surface area contributed by atoms with Crippen LogP contribution in [0.15, 0.2) is 54.9 Å². The van der Waals surface area contributed by atoms with Crippen LogP contribution in [-0.2, 0) is 20.7 Å². The molecular weight excluding hydrogens is 572 g/mol. The molecule has 1 unspecified atom stereocenters. The molecule has 0 spiro atoms. The summed E-state index contributed by atoms with van der Waals surface area (Å²) < 4.78 is 5.18. The summed E-state index contributed by atoms with van der Waals surface area (Å²) in [5.74, 6) is 0.850. The number of unbranched alkanes of at least 4 members (excludes halogenated alkanes) is 1. The van der Waals surface area contributed by atoms with Crippen LogP contribution in [0.25, 0.3) is 0 Å². The Kier molecular flexibility index (Phi) is 17.2. The van der Waals surface area contributed by atoms with Gasteiger partial charge in [-0.05, 0) is 42.2 Å². The number of nitrogens with one attached hydrogen (secondary N) is 3. The molecule has 1 aromatic heterocycles. The van der Waals surface area contributed by atoms with Crippen LogP contribution < -0.4 is 16.0 Å². The van der Waals surface area contributed by atoms with Crippen molar-refractivity contribution >= 4 is 41.2 Å². The van der Waals surface area contributed by atoms with Crippen molar-refractivity contribution in [2.24, 2.45) is 5.92 Å². The minimum atomic E-state index is -1.20. The average Bonchev–Trinajstić information content (AvgIpc) is 2.99. The molecule has 2 rings (SSSR count). The van der Waals surface area contributed by atoms with Gasteiger partial charge in [0.15, 0.2) is 0 Å². The van der Waals surface area contributed by atoms with Gasteiger partial charge >= 0.3 is 0 Å². The lowest BCUT2D eigenvalue weighted by Gasteiger charge is -2.31. The van der Waals surface area contributed by atoms with Crippen LogP contribution in [0, 0.1) is 5.92 Å². The maximum Gasteiger partial charge on any atom is 0.253 e. The summed E-state index contributed by atoms with van der Waals surface area (Å²) in [4.78, 5) is 44.0. The Bertz CT molecular complexity index is 1060. The number of carbonyl (C=O) groups is 3. The normalized spacial score (nSPS) is 14.0. The fourth-order valence-corrected chi connectivity index (χ4v) is 6.25. The quantitative estimate of drug-likeness (QED) is 0.166. The summed E-state index contributed by atoms with van der Waals surface area (Å²) >= 11 is 2.89. The summed E-state index contributed by atoms with van der Waals surface area (Å²) in [6, 6.07) is 11.2. The van der Waals surface area contributed by atoms with E-state index in [1.165, 1.54) is 18.0 Å². The van der Waals surface area contributed by atoms with Crippen LogP contribution in [0.3, 0.4) is 0 Å². The molecule has 0 aliphatic carbocycles. The van der Waals surface area contributed by atoms with Gasteiger partial charge in [0, 0.05) is 37.6 Å². The lowest BCUT2D eigenvalue weighted by Crippen LogP contribution is -2.57. The molecule has 2 aromatic rings. The second-order valence-electron chi connectivity index (χ2n) is 10.4. The molecule has 0 bridgehead atoms. The molecule has 0 fully saturated rings. The van der Waals surface area contributed by atoms with Gasteiger partial charge in [0.05, 0.1) is 24.3 Å². The van der Waals surface area contributed by atoms with Gasteiger partial charge in [-0.3, -0.25) is 19.4 Å². The van der Waals surface area contributed by atoms with E-state index >= 15 is 0 Å². The van der Waals surface area contributed by atoms with Gasteiger partial charge in [-0.25, -0.2) is 0 Å². The van der Waals surface area contributed by atoms with Gasteiger partial charge in [0.2, 0.25) is 11.8 Å². The van der Waals surface area contributed by atoms with Crippen molar-refractivity contribution in [1.29, 1.82) is 0 Å². The van der Waals surface area contributed by atoms with E-state index in [0.717, 1.165) is 24.2 Å². The number of rotatable bonds is 20. The van der Waals surface area contributed by atoms with Gasteiger partial charge < -0.3 is 25.8 Å². The van der Waals surface area contributed by atoms with Crippen molar-refractivity contribution in [2.75, 3.05) is 37.5 Å². The first kappa shape index (κ1) is 35.6. The molecule has 4 atom stereocenters. The molecule has 4 N–H and O–H groups in total. The maximum atomic E-state index is 13.8. The van der Waals surface area contributed by atoms with E-state index in [1.807, 2.05) is 44.2 Å². The van der Waals surface area contributed by atoms with Gasteiger partial charge in [-0.1, -0.05) is 57.5 Å². The predicted octanol–water partition coefficient (Wildman–Crippen LogP) is 3.32.